The van der Waals surface area contributed by atoms with Crippen LogP contribution in [-0.2, 0) is 9.53 Å². The molecule has 0 radical (unpaired) electrons. The minimum Gasteiger partial charge on any atom is -0.449 e. The number of pyridine rings is 1. The number of hydrogen-bond donors (Lipinski definition) is 1. The second-order valence-corrected chi connectivity index (χ2v) is 6.11. The van der Waals surface area contributed by atoms with Gasteiger partial charge in [0.05, 0.1) is 15.6 Å². The highest BCUT2D eigenvalue weighted by atomic mass is 35.5. The lowest BCUT2D eigenvalue weighted by Crippen LogP contribution is -2.30. The average molecular weight is 367 g/mol. The van der Waals surface area contributed by atoms with Crippen molar-refractivity contribution < 1.29 is 14.3 Å². The zero-order valence-electron chi connectivity index (χ0n) is 13.4. The van der Waals surface area contributed by atoms with E-state index in [2.05, 4.69) is 10.3 Å². The maximum absolute atomic E-state index is 12.2. The van der Waals surface area contributed by atoms with Crippen LogP contribution in [0.15, 0.2) is 30.5 Å². The number of anilines is 1. The highest BCUT2D eigenvalue weighted by Crippen LogP contribution is 2.23. The first-order valence-electron chi connectivity index (χ1n) is 7.18. The Balaban J connectivity index is 2.06. The SMILES string of the molecule is Cc1cccc(C(=O)O[C@H](C)C(=O)Nc2ncc(Cl)cc2Cl)c1C. The molecule has 126 valence electrons. The van der Waals surface area contributed by atoms with Crippen molar-refractivity contribution in [2.45, 2.75) is 26.9 Å². The lowest BCUT2D eigenvalue weighted by atomic mass is 10.0. The van der Waals surface area contributed by atoms with E-state index in [1.54, 1.807) is 12.1 Å². The molecule has 0 bridgehead atoms. The number of hydrogen-bond acceptors (Lipinski definition) is 4. The third-order valence-corrected chi connectivity index (χ3v) is 4.02. The van der Waals surface area contributed by atoms with Gasteiger partial charge in [-0.1, -0.05) is 35.3 Å². The van der Waals surface area contributed by atoms with Crippen molar-refractivity contribution in [3.63, 3.8) is 0 Å². The topological polar surface area (TPSA) is 68.3 Å². The predicted molar refractivity (Wildman–Crippen MR) is 93.7 cm³/mol. The maximum atomic E-state index is 12.2. The fourth-order valence-electron chi connectivity index (χ4n) is 1.97. The van der Waals surface area contributed by atoms with Gasteiger partial charge in [-0.15, -0.1) is 0 Å². The Morgan fingerprint density at radius 3 is 2.62 bits per heavy atom. The Kier molecular flexibility index (Phi) is 5.80. The number of aromatic nitrogens is 1. The van der Waals surface area contributed by atoms with E-state index in [1.807, 2.05) is 19.9 Å². The van der Waals surface area contributed by atoms with Crippen molar-refractivity contribution in [3.05, 3.63) is 57.2 Å². The summed E-state index contributed by atoms with van der Waals surface area (Å²) in [6.07, 6.45) is 0.349. The molecule has 0 aliphatic carbocycles. The molecule has 0 unspecified atom stereocenters. The smallest absolute Gasteiger partial charge is 0.339 e. The van der Waals surface area contributed by atoms with Crippen molar-refractivity contribution >= 4 is 40.9 Å². The van der Waals surface area contributed by atoms with Gasteiger partial charge in [0, 0.05) is 6.20 Å². The van der Waals surface area contributed by atoms with Crippen LogP contribution in [0.4, 0.5) is 5.82 Å². The summed E-state index contributed by atoms with van der Waals surface area (Å²) in [5.41, 5.74) is 2.22. The van der Waals surface area contributed by atoms with E-state index < -0.39 is 18.0 Å². The second-order valence-electron chi connectivity index (χ2n) is 5.27. The number of esters is 1. The fourth-order valence-corrected chi connectivity index (χ4v) is 2.40. The van der Waals surface area contributed by atoms with Gasteiger partial charge in [0.2, 0.25) is 0 Å². The first-order chi connectivity index (χ1) is 11.3. The van der Waals surface area contributed by atoms with Crippen molar-refractivity contribution in [2.75, 3.05) is 5.32 Å². The summed E-state index contributed by atoms with van der Waals surface area (Å²) in [5.74, 6) is -0.944. The van der Waals surface area contributed by atoms with E-state index in [1.165, 1.54) is 19.2 Å². The summed E-state index contributed by atoms with van der Waals surface area (Å²) in [6, 6.07) is 6.78. The molecule has 0 fully saturated rings. The zero-order chi connectivity index (χ0) is 17.9. The summed E-state index contributed by atoms with van der Waals surface area (Å²) in [4.78, 5) is 28.3. The monoisotopic (exact) mass is 366 g/mol. The Morgan fingerprint density at radius 2 is 1.96 bits per heavy atom. The standard InChI is InChI=1S/C17H16Cl2N2O3/c1-9-5-4-6-13(10(9)2)17(23)24-11(3)16(22)21-15-14(19)7-12(18)8-20-15/h4-8,11H,1-3H3,(H,20,21,22)/t11-/m1/s1. The molecule has 1 N–H and O–H groups in total. The summed E-state index contributed by atoms with van der Waals surface area (Å²) < 4.78 is 5.22. The number of nitrogens with zero attached hydrogens (tertiary/aromatic N) is 1. The van der Waals surface area contributed by atoms with Gasteiger partial charge in [-0.2, -0.15) is 0 Å². The third-order valence-electron chi connectivity index (χ3n) is 3.53. The number of benzene rings is 1. The Bertz CT molecular complexity index is 793. The molecule has 0 spiro atoms. The first kappa shape index (κ1) is 18.2. The van der Waals surface area contributed by atoms with Crippen molar-refractivity contribution in [3.8, 4) is 0 Å². The van der Waals surface area contributed by atoms with Crippen LogP contribution < -0.4 is 5.32 Å². The summed E-state index contributed by atoms with van der Waals surface area (Å²) in [7, 11) is 0. The van der Waals surface area contributed by atoms with Gasteiger partial charge < -0.3 is 10.1 Å². The number of carbonyl (C=O) groups excluding carboxylic acids is 2. The lowest BCUT2D eigenvalue weighted by molar-refractivity contribution is -0.123. The van der Waals surface area contributed by atoms with E-state index >= 15 is 0 Å². The molecular formula is C17H16Cl2N2O3. The number of carbonyl (C=O) groups is 2. The van der Waals surface area contributed by atoms with Crippen LogP contribution in [0.1, 0.15) is 28.4 Å². The molecule has 1 aromatic heterocycles. The number of amides is 1. The molecule has 1 amide bonds. The van der Waals surface area contributed by atoms with E-state index in [-0.39, 0.29) is 10.8 Å². The fraction of sp³-hybridized carbons (Fsp3) is 0.235. The second kappa shape index (κ2) is 7.64. The number of ether oxygens (including phenoxy) is 1. The van der Waals surface area contributed by atoms with Crippen molar-refractivity contribution in [1.29, 1.82) is 0 Å². The largest absolute Gasteiger partial charge is 0.449 e. The molecule has 2 rings (SSSR count). The van der Waals surface area contributed by atoms with Crippen LogP contribution in [-0.4, -0.2) is 23.0 Å². The van der Waals surface area contributed by atoms with Crippen LogP contribution in [0.3, 0.4) is 0 Å². The molecule has 1 aromatic carbocycles. The van der Waals surface area contributed by atoms with Crippen LogP contribution >= 0.6 is 23.2 Å². The molecule has 1 heterocycles. The molecular weight excluding hydrogens is 351 g/mol. The van der Waals surface area contributed by atoms with Crippen molar-refractivity contribution in [1.82, 2.24) is 4.98 Å². The Morgan fingerprint density at radius 1 is 1.25 bits per heavy atom. The van der Waals surface area contributed by atoms with Gasteiger partial charge in [0.25, 0.3) is 5.91 Å². The van der Waals surface area contributed by atoms with Gasteiger partial charge in [-0.3, -0.25) is 4.79 Å². The summed E-state index contributed by atoms with van der Waals surface area (Å²) in [6.45, 7) is 5.20. The Labute approximate surface area is 149 Å². The van der Waals surface area contributed by atoms with E-state index in [0.29, 0.717) is 10.6 Å². The minimum absolute atomic E-state index is 0.153. The summed E-state index contributed by atoms with van der Waals surface area (Å²) >= 11 is 11.7. The van der Waals surface area contributed by atoms with Crippen LogP contribution in [0.25, 0.3) is 0 Å². The maximum Gasteiger partial charge on any atom is 0.339 e. The van der Waals surface area contributed by atoms with E-state index in [0.717, 1.165) is 11.1 Å². The molecule has 0 saturated carbocycles. The van der Waals surface area contributed by atoms with Crippen LogP contribution in [0.2, 0.25) is 10.0 Å². The van der Waals surface area contributed by atoms with Gasteiger partial charge in [0.1, 0.15) is 0 Å². The van der Waals surface area contributed by atoms with Gasteiger partial charge in [-0.05, 0) is 44.0 Å². The zero-order valence-corrected chi connectivity index (χ0v) is 14.9. The highest BCUT2D eigenvalue weighted by Gasteiger charge is 2.21. The number of aryl methyl sites for hydroxylation is 1. The minimum atomic E-state index is -1.01. The molecule has 1 atom stereocenters. The normalized spacial score (nSPS) is 11.7. The van der Waals surface area contributed by atoms with E-state index in [9.17, 15) is 9.59 Å². The van der Waals surface area contributed by atoms with Gasteiger partial charge >= 0.3 is 5.97 Å². The summed E-state index contributed by atoms with van der Waals surface area (Å²) in [5, 5.41) is 3.05. The molecule has 5 nitrogen and oxygen atoms in total. The molecule has 0 saturated heterocycles. The quantitative estimate of drug-likeness (QED) is 0.823. The average Bonchev–Trinajstić information content (AvgIpc) is 2.52. The lowest BCUT2D eigenvalue weighted by Gasteiger charge is -2.15. The number of halogens is 2. The molecule has 24 heavy (non-hydrogen) atoms. The molecule has 7 heteroatoms. The third kappa shape index (κ3) is 4.24. The molecule has 0 aliphatic heterocycles. The van der Waals surface area contributed by atoms with Gasteiger partial charge in [-0.25, -0.2) is 9.78 Å². The Hall–Kier alpha value is -2.11. The predicted octanol–water partition coefficient (Wildman–Crippen LogP) is 4.19. The first-order valence-corrected chi connectivity index (χ1v) is 7.94. The molecule has 2 aromatic rings. The highest BCUT2D eigenvalue weighted by molar-refractivity contribution is 6.36. The van der Waals surface area contributed by atoms with Crippen LogP contribution in [0, 0.1) is 13.8 Å². The number of rotatable bonds is 4. The number of nitrogens with one attached hydrogen (secondary N) is 1. The van der Waals surface area contributed by atoms with Gasteiger partial charge in [0.15, 0.2) is 11.9 Å². The van der Waals surface area contributed by atoms with Crippen LogP contribution in [0.5, 0.6) is 0 Å². The van der Waals surface area contributed by atoms with E-state index in [4.69, 9.17) is 27.9 Å². The molecule has 0 aliphatic rings. The van der Waals surface area contributed by atoms with Crippen molar-refractivity contribution in [2.24, 2.45) is 0 Å².